The third-order valence-electron chi connectivity index (χ3n) is 2.85. The van der Waals surface area contributed by atoms with Crippen molar-refractivity contribution < 1.29 is 13.9 Å². The Morgan fingerprint density at radius 3 is 2.56 bits per heavy atom. The van der Waals surface area contributed by atoms with Crippen molar-refractivity contribution in [1.29, 1.82) is 0 Å². The first kappa shape index (κ1) is 13.3. The molecule has 0 bridgehead atoms. The van der Waals surface area contributed by atoms with E-state index in [2.05, 4.69) is 0 Å². The lowest BCUT2D eigenvalue weighted by atomic mass is 9.93. The zero-order valence-corrected chi connectivity index (χ0v) is 10.6. The molecule has 0 saturated carbocycles. The summed E-state index contributed by atoms with van der Waals surface area (Å²) in [7, 11) is 0. The molecule has 2 atom stereocenters. The summed E-state index contributed by atoms with van der Waals surface area (Å²) in [5, 5.41) is 0. The van der Waals surface area contributed by atoms with Crippen LogP contribution >= 0.6 is 0 Å². The van der Waals surface area contributed by atoms with Gasteiger partial charge in [-0.2, -0.15) is 0 Å². The Bertz CT molecular complexity index is 250. The lowest BCUT2D eigenvalue weighted by Crippen LogP contribution is -2.46. The van der Waals surface area contributed by atoms with E-state index >= 15 is 0 Å². The highest BCUT2D eigenvalue weighted by Gasteiger charge is 2.32. The van der Waals surface area contributed by atoms with Crippen LogP contribution in [0.3, 0.4) is 0 Å². The summed E-state index contributed by atoms with van der Waals surface area (Å²) in [5.41, 5.74) is -0.509. The number of halogens is 1. The average molecular weight is 231 g/mol. The Kier molecular flexibility index (Phi) is 4.16. The van der Waals surface area contributed by atoms with Crippen molar-refractivity contribution in [2.24, 2.45) is 5.92 Å². The monoisotopic (exact) mass is 231 g/mol. The first-order valence-corrected chi connectivity index (χ1v) is 5.95. The fourth-order valence-corrected chi connectivity index (χ4v) is 1.91. The van der Waals surface area contributed by atoms with Gasteiger partial charge < -0.3 is 9.64 Å². The summed E-state index contributed by atoms with van der Waals surface area (Å²) in [4.78, 5) is 13.2. The van der Waals surface area contributed by atoms with E-state index in [0.29, 0.717) is 6.54 Å². The Balaban J connectivity index is 2.48. The Hall–Kier alpha value is -0.800. The number of rotatable bonds is 1. The number of alkyl halides is 1. The van der Waals surface area contributed by atoms with Gasteiger partial charge in [0.1, 0.15) is 11.8 Å². The van der Waals surface area contributed by atoms with Crippen molar-refractivity contribution in [2.45, 2.75) is 52.3 Å². The summed E-state index contributed by atoms with van der Waals surface area (Å²) in [6, 6.07) is 0. The first-order chi connectivity index (χ1) is 7.33. The van der Waals surface area contributed by atoms with Crippen molar-refractivity contribution in [1.82, 2.24) is 4.90 Å². The van der Waals surface area contributed by atoms with Crippen LogP contribution in [0.15, 0.2) is 0 Å². The molecule has 0 aliphatic carbocycles. The molecule has 0 radical (unpaired) electrons. The van der Waals surface area contributed by atoms with Crippen molar-refractivity contribution in [2.75, 3.05) is 13.1 Å². The molecular formula is C12H22FNO2. The van der Waals surface area contributed by atoms with Crippen LogP contribution in [-0.4, -0.2) is 35.9 Å². The molecule has 0 aromatic rings. The van der Waals surface area contributed by atoms with E-state index in [1.807, 2.05) is 27.7 Å². The molecule has 1 aliphatic rings. The smallest absolute Gasteiger partial charge is 0.410 e. The Morgan fingerprint density at radius 2 is 2.12 bits per heavy atom. The van der Waals surface area contributed by atoms with E-state index in [-0.39, 0.29) is 12.5 Å². The van der Waals surface area contributed by atoms with Gasteiger partial charge in [-0.25, -0.2) is 9.18 Å². The highest BCUT2D eigenvalue weighted by atomic mass is 19.1. The maximum Gasteiger partial charge on any atom is 0.410 e. The van der Waals surface area contributed by atoms with Gasteiger partial charge in [0, 0.05) is 6.54 Å². The van der Waals surface area contributed by atoms with Crippen LogP contribution in [-0.2, 0) is 4.74 Å². The number of hydrogen-bond donors (Lipinski definition) is 0. The fraction of sp³-hybridized carbons (Fsp3) is 0.917. The third-order valence-corrected chi connectivity index (χ3v) is 2.85. The predicted octanol–water partition coefficient (Wildman–Crippen LogP) is 2.99. The van der Waals surface area contributed by atoms with Crippen LogP contribution in [0.1, 0.15) is 40.5 Å². The molecule has 0 N–H and O–H groups in total. The third kappa shape index (κ3) is 3.65. The van der Waals surface area contributed by atoms with Crippen molar-refractivity contribution >= 4 is 6.09 Å². The second-order valence-corrected chi connectivity index (χ2v) is 5.40. The zero-order chi connectivity index (χ0) is 12.3. The van der Waals surface area contributed by atoms with Crippen LogP contribution in [0.25, 0.3) is 0 Å². The molecule has 4 heteroatoms. The topological polar surface area (TPSA) is 29.5 Å². The van der Waals surface area contributed by atoms with Crippen LogP contribution < -0.4 is 0 Å². The number of amides is 1. The quantitative estimate of drug-likeness (QED) is 0.694. The van der Waals surface area contributed by atoms with Gasteiger partial charge in [0.05, 0.1) is 6.54 Å². The maximum absolute atomic E-state index is 13.6. The van der Waals surface area contributed by atoms with E-state index in [0.717, 1.165) is 12.8 Å². The van der Waals surface area contributed by atoms with Gasteiger partial charge in [0.15, 0.2) is 0 Å². The Labute approximate surface area is 96.9 Å². The Morgan fingerprint density at radius 1 is 1.50 bits per heavy atom. The largest absolute Gasteiger partial charge is 0.444 e. The summed E-state index contributed by atoms with van der Waals surface area (Å²) < 4.78 is 18.9. The van der Waals surface area contributed by atoms with Crippen LogP contribution in [0.2, 0.25) is 0 Å². The summed E-state index contributed by atoms with van der Waals surface area (Å²) in [6.07, 6.45) is 0.260. The molecule has 1 saturated heterocycles. The number of piperidine rings is 1. The molecule has 0 aromatic carbocycles. The minimum Gasteiger partial charge on any atom is -0.444 e. The molecule has 0 aromatic heterocycles. The predicted molar refractivity (Wildman–Crippen MR) is 61.1 cm³/mol. The van der Waals surface area contributed by atoms with Gasteiger partial charge >= 0.3 is 6.09 Å². The summed E-state index contributed by atoms with van der Waals surface area (Å²) >= 11 is 0. The van der Waals surface area contributed by atoms with Gasteiger partial charge in [-0.05, 0) is 33.1 Å². The highest BCUT2D eigenvalue weighted by molar-refractivity contribution is 5.68. The molecule has 1 fully saturated rings. The SMILES string of the molecule is CCC1CCN(C(=O)OC(C)(C)C)CC1F. The van der Waals surface area contributed by atoms with E-state index in [9.17, 15) is 9.18 Å². The molecule has 1 aliphatic heterocycles. The molecule has 2 unspecified atom stereocenters. The van der Waals surface area contributed by atoms with Crippen LogP contribution in [0.4, 0.5) is 9.18 Å². The molecule has 1 rings (SSSR count). The molecule has 94 valence electrons. The van der Waals surface area contributed by atoms with E-state index in [4.69, 9.17) is 4.74 Å². The fourth-order valence-electron chi connectivity index (χ4n) is 1.91. The van der Waals surface area contributed by atoms with Crippen LogP contribution in [0, 0.1) is 5.92 Å². The van der Waals surface area contributed by atoms with Crippen LogP contribution in [0.5, 0.6) is 0 Å². The number of carbonyl (C=O) groups is 1. The number of ether oxygens (including phenoxy) is 1. The zero-order valence-electron chi connectivity index (χ0n) is 10.6. The van der Waals surface area contributed by atoms with Crippen molar-refractivity contribution in [3.8, 4) is 0 Å². The molecule has 1 amide bonds. The number of nitrogens with zero attached hydrogens (tertiary/aromatic N) is 1. The van der Waals surface area contributed by atoms with Gasteiger partial charge in [0.2, 0.25) is 0 Å². The number of hydrogen-bond acceptors (Lipinski definition) is 2. The first-order valence-electron chi connectivity index (χ1n) is 5.95. The van der Waals surface area contributed by atoms with Crippen molar-refractivity contribution in [3.05, 3.63) is 0 Å². The normalized spacial score (nSPS) is 26.7. The molecule has 0 spiro atoms. The number of likely N-dealkylation sites (tertiary alicyclic amines) is 1. The lowest BCUT2D eigenvalue weighted by molar-refractivity contribution is 0.00513. The van der Waals surface area contributed by atoms with Gasteiger partial charge in [-0.15, -0.1) is 0 Å². The summed E-state index contributed by atoms with van der Waals surface area (Å²) in [6.45, 7) is 8.21. The molecule has 16 heavy (non-hydrogen) atoms. The number of carbonyl (C=O) groups excluding carboxylic acids is 1. The van der Waals surface area contributed by atoms with E-state index < -0.39 is 17.9 Å². The second kappa shape index (κ2) is 5.02. The standard InChI is InChI=1S/C12H22FNO2/c1-5-9-6-7-14(8-10(9)13)11(15)16-12(2,3)4/h9-10H,5-8H2,1-4H3. The molecule has 3 nitrogen and oxygen atoms in total. The van der Waals surface area contributed by atoms with Gasteiger partial charge in [-0.3, -0.25) is 0 Å². The lowest BCUT2D eigenvalue weighted by Gasteiger charge is -2.35. The van der Waals surface area contributed by atoms with Crippen molar-refractivity contribution in [3.63, 3.8) is 0 Å². The second-order valence-electron chi connectivity index (χ2n) is 5.40. The summed E-state index contributed by atoms with van der Waals surface area (Å²) in [5.74, 6) is 0.0960. The van der Waals surface area contributed by atoms with E-state index in [1.165, 1.54) is 4.90 Å². The minimum absolute atomic E-state index is 0.0960. The van der Waals surface area contributed by atoms with Gasteiger partial charge in [-0.1, -0.05) is 13.3 Å². The molecular weight excluding hydrogens is 209 g/mol. The molecule has 1 heterocycles. The van der Waals surface area contributed by atoms with Gasteiger partial charge in [0.25, 0.3) is 0 Å². The maximum atomic E-state index is 13.6. The minimum atomic E-state index is -0.911. The van der Waals surface area contributed by atoms with E-state index in [1.54, 1.807) is 0 Å². The average Bonchev–Trinajstić information content (AvgIpc) is 2.15. The highest BCUT2D eigenvalue weighted by Crippen LogP contribution is 2.24.